The molecule has 0 atom stereocenters. The lowest BCUT2D eigenvalue weighted by atomic mass is 9.82. The molecule has 20 heavy (non-hydrogen) atoms. The molecule has 0 aliphatic rings. The lowest BCUT2D eigenvalue weighted by Gasteiger charge is -2.26. The van der Waals surface area contributed by atoms with E-state index in [0.717, 1.165) is 0 Å². The third-order valence-corrected chi connectivity index (χ3v) is 3.60. The summed E-state index contributed by atoms with van der Waals surface area (Å²) in [6.45, 7) is 3.67. The molecular formula is C14H21N3O3. The fourth-order valence-electron chi connectivity index (χ4n) is 1.90. The number of nitrogen functional groups attached to an aromatic ring is 1. The molecule has 0 bridgehead atoms. The zero-order valence-corrected chi connectivity index (χ0v) is 11.8. The van der Waals surface area contributed by atoms with Crippen LogP contribution in [0, 0.1) is 5.41 Å². The molecule has 0 saturated heterocycles. The number of urea groups is 1. The first-order chi connectivity index (χ1) is 9.45. The van der Waals surface area contributed by atoms with Gasteiger partial charge in [0.2, 0.25) is 0 Å². The van der Waals surface area contributed by atoms with Crippen LogP contribution in [0.4, 0.5) is 16.2 Å². The number of amides is 2. The Balaban J connectivity index is 2.63. The van der Waals surface area contributed by atoms with Gasteiger partial charge in [-0.3, -0.25) is 4.79 Å². The van der Waals surface area contributed by atoms with Gasteiger partial charge in [0.05, 0.1) is 16.8 Å². The number of para-hydroxylation sites is 2. The van der Waals surface area contributed by atoms with Crippen LogP contribution in [-0.2, 0) is 4.79 Å². The Morgan fingerprint density at radius 3 is 2.35 bits per heavy atom. The van der Waals surface area contributed by atoms with E-state index >= 15 is 0 Å². The van der Waals surface area contributed by atoms with Crippen molar-refractivity contribution in [3.63, 3.8) is 0 Å². The zero-order valence-electron chi connectivity index (χ0n) is 11.8. The summed E-state index contributed by atoms with van der Waals surface area (Å²) in [7, 11) is 0. The van der Waals surface area contributed by atoms with E-state index in [9.17, 15) is 14.7 Å². The highest BCUT2D eigenvalue weighted by molar-refractivity contribution is 5.92. The molecule has 0 saturated carbocycles. The largest absolute Gasteiger partial charge is 0.481 e. The topological polar surface area (TPSA) is 104 Å². The standard InChI is InChI=1S/C14H21N3O3/c1-3-14(4-2,12(18)19)9-16-13(20)17-11-8-6-5-7-10(11)15/h5-8H,3-4,9,15H2,1-2H3,(H,18,19)(H2,16,17,20). The maximum atomic E-state index is 11.8. The van der Waals surface area contributed by atoms with Crippen molar-refractivity contribution in [3.05, 3.63) is 24.3 Å². The van der Waals surface area contributed by atoms with E-state index in [-0.39, 0.29) is 6.54 Å². The van der Waals surface area contributed by atoms with E-state index in [4.69, 9.17) is 5.73 Å². The zero-order chi connectivity index (χ0) is 15.2. The Hall–Kier alpha value is -2.24. The van der Waals surface area contributed by atoms with Gasteiger partial charge in [0, 0.05) is 6.54 Å². The summed E-state index contributed by atoms with van der Waals surface area (Å²) in [6.07, 6.45) is 0.902. The van der Waals surface area contributed by atoms with Crippen LogP contribution in [0.25, 0.3) is 0 Å². The maximum Gasteiger partial charge on any atom is 0.319 e. The molecule has 6 heteroatoms. The molecule has 1 aromatic rings. The Morgan fingerprint density at radius 2 is 1.85 bits per heavy atom. The van der Waals surface area contributed by atoms with Crippen molar-refractivity contribution in [1.29, 1.82) is 0 Å². The van der Waals surface area contributed by atoms with Gasteiger partial charge in [0.25, 0.3) is 0 Å². The van der Waals surface area contributed by atoms with Gasteiger partial charge in [-0.1, -0.05) is 26.0 Å². The van der Waals surface area contributed by atoms with E-state index < -0.39 is 17.4 Å². The van der Waals surface area contributed by atoms with Gasteiger partial charge < -0.3 is 21.5 Å². The highest BCUT2D eigenvalue weighted by Gasteiger charge is 2.35. The second-order valence-electron chi connectivity index (χ2n) is 4.69. The summed E-state index contributed by atoms with van der Waals surface area (Å²) in [5.74, 6) is -0.901. The van der Waals surface area contributed by atoms with Crippen molar-refractivity contribution in [2.24, 2.45) is 5.41 Å². The van der Waals surface area contributed by atoms with Gasteiger partial charge in [-0.25, -0.2) is 4.79 Å². The number of nitrogens with one attached hydrogen (secondary N) is 2. The fraction of sp³-hybridized carbons (Fsp3) is 0.429. The number of anilines is 2. The van der Waals surface area contributed by atoms with Gasteiger partial charge in [0.15, 0.2) is 0 Å². The van der Waals surface area contributed by atoms with Gasteiger partial charge >= 0.3 is 12.0 Å². The number of carbonyl (C=O) groups is 2. The van der Waals surface area contributed by atoms with Crippen molar-refractivity contribution in [3.8, 4) is 0 Å². The quantitative estimate of drug-likeness (QED) is 0.599. The number of hydrogen-bond donors (Lipinski definition) is 4. The molecule has 0 spiro atoms. The molecule has 0 fully saturated rings. The monoisotopic (exact) mass is 279 g/mol. The summed E-state index contributed by atoms with van der Waals surface area (Å²) in [5.41, 5.74) is 5.74. The van der Waals surface area contributed by atoms with Crippen LogP contribution in [-0.4, -0.2) is 23.7 Å². The second-order valence-corrected chi connectivity index (χ2v) is 4.69. The number of benzene rings is 1. The molecule has 0 radical (unpaired) electrons. The summed E-state index contributed by atoms with van der Waals surface area (Å²) < 4.78 is 0. The molecule has 0 aliphatic heterocycles. The average molecular weight is 279 g/mol. The molecule has 5 N–H and O–H groups in total. The number of carbonyl (C=O) groups excluding carboxylic acids is 1. The minimum atomic E-state index is -0.931. The molecule has 0 unspecified atom stereocenters. The molecule has 2 amide bonds. The molecular weight excluding hydrogens is 258 g/mol. The van der Waals surface area contributed by atoms with Crippen LogP contribution in [0.2, 0.25) is 0 Å². The predicted octanol–water partition coefficient (Wildman–Crippen LogP) is 2.28. The normalized spacial score (nSPS) is 10.9. The van der Waals surface area contributed by atoms with E-state index in [2.05, 4.69) is 10.6 Å². The molecule has 0 aliphatic carbocycles. The predicted molar refractivity (Wildman–Crippen MR) is 78.5 cm³/mol. The van der Waals surface area contributed by atoms with Crippen LogP contribution in [0.15, 0.2) is 24.3 Å². The summed E-state index contributed by atoms with van der Waals surface area (Å²) in [4.78, 5) is 23.1. The Morgan fingerprint density at radius 1 is 1.25 bits per heavy atom. The van der Waals surface area contributed by atoms with Crippen molar-refractivity contribution < 1.29 is 14.7 Å². The van der Waals surface area contributed by atoms with E-state index in [0.29, 0.717) is 24.2 Å². The Labute approximate surface area is 118 Å². The smallest absolute Gasteiger partial charge is 0.319 e. The van der Waals surface area contributed by atoms with Gasteiger partial charge in [-0.2, -0.15) is 0 Å². The van der Waals surface area contributed by atoms with E-state index in [1.54, 1.807) is 38.1 Å². The van der Waals surface area contributed by atoms with Gasteiger partial charge in [-0.05, 0) is 25.0 Å². The number of carboxylic acids is 1. The summed E-state index contributed by atoms with van der Waals surface area (Å²) in [5, 5.41) is 14.5. The minimum absolute atomic E-state index is 0.0773. The van der Waals surface area contributed by atoms with Gasteiger partial charge in [0.1, 0.15) is 0 Å². The van der Waals surface area contributed by atoms with E-state index in [1.807, 2.05) is 0 Å². The lowest BCUT2D eigenvalue weighted by Crippen LogP contribution is -2.43. The first-order valence-electron chi connectivity index (χ1n) is 6.58. The van der Waals surface area contributed by atoms with Crippen LogP contribution in [0.3, 0.4) is 0 Å². The maximum absolute atomic E-state index is 11.8. The van der Waals surface area contributed by atoms with Crippen molar-refractivity contribution >= 4 is 23.4 Å². The van der Waals surface area contributed by atoms with Crippen LogP contribution in [0.5, 0.6) is 0 Å². The molecule has 1 aromatic carbocycles. The molecule has 0 aromatic heterocycles. The molecule has 0 heterocycles. The van der Waals surface area contributed by atoms with Crippen LogP contribution >= 0.6 is 0 Å². The number of carboxylic acid groups (broad SMARTS) is 1. The van der Waals surface area contributed by atoms with Gasteiger partial charge in [-0.15, -0.1) is 0 Å². The summed E-state index contributed by atoms with van der Waals surface area (Å²) in [6, 6.07) is 6.41. The minimum Gasteiger partial charge on any atom is -0.481 e. The number of nitrogens with two attached hydrogens (primary N) is 1. The SMILES string of the molecule is CCC(CC)(CNC(=O)Nc1ccccc1N)C(=O)O. The van der Waals surface area contributed by atoms with Crippen LogP contribution in [0.1, 0.15) is 26.7 Å². The summed E-state index contributed by atoms with van der Waals surface area (Å²) >= 11 is 0. The third-order valence-electron chi connectivity index (χ3n) is 3.60. The number of rotatable bonds is 6. The number of hydrogen-bond acceptors (Lipinski definition) is 3. The first kappa shape index (κ1) is 15.8. The molecule has 6 nitrogen and oxygen atoms in total. The van der Waals surface area contributed by atoms with Crippen molar-refractivity contribution in [2.75, 3.05) is 17.6 Å². The lowest BCUT2D eigenvalue weighted by molar-refractivity contribution is -0.149. The third kappa shape index (κ3) is 3.63. The average Bonchev–Trinajstić information content (AvgIpc) is 2.43. The van der Waals surface area contributed by atoms with Crippen molar-refractivity contribution in [2.45, 2.75) is 26.7 Å². The highest BCUT2D eigenvalue weighted by atomic mass is 16.4. The second kappa shape index (κ2) is 6.79. The van der Waals surface area contributed by atoms with Crippen molar-refractivity contribution in [1.82, 2.24) is 5.32 Å². The fourth-order valence-corrected chi connectivity index (χ4v) is 1.90. The first-order valence-corrected chi connectivity index (χ1v) is 6.58. The molecule has 110 valence electrons. The van der Waals surface area contributed by atoms with E-state index in [1.165, 1.54) is 0 Å². The van der Waals surface area contributed by atoms with Crippen LogP contribution < -0.4 is 16.4 Å². The molecule has 1 rings (SSSR count). The Kier molecular flexibility index (Phi) is 5.37. The number of aliphatic carboxylic acids is 1. The Bertz CT molecular complexity index is 484. The highest BCUT2D eigenvalue weighted by Crippen LogP contribution is 2.25.